The number of nitrogens with zero attached hydrogens (tertiary/aromatic N) is 1. The van der Waals surface area contributed by atoms with Crippen molar-refractivity contribution < 1.29 is 13.6 Å². The van der Waals surface area contributed by atoms with Crippen LogP contribution in [0.25, 0.3) is 21.8 Å². The van der Waals surface area contributed by atoms with Crippen LogP contribution in [0.2, 0.25) is 0 Å². The number of hydrogen-bond acceptors (Lipinski definition) is 3. The lowest BCUT2D eigenvalue weighted by atomic mass is 10.2. The highest BCUT2D eigenvalue weighted by molar-refractivity contribution is 7.52. The second-order valence-corrected chi connectivity index (χ2v) is 7.88. The Labute approximate surface area is 136 Å². The predicted octanol–water partition coefficient (Wildman–Crippen LogP) is 5.60. The fourth-order valence-corrected chi connectivity index (χ4v) is 5.00. The number of rotatable bonds is 5. The van der Waals surface area contributed by atoms with Crippen LogP contribution < -0.4 is 0 Å². The summed E-state index contributed by atoms with van der Waals surface area (Å²) in [6.45, 7) is 7.46. The van der Waals surface area contributed by atoms with Crippen molar-refractivity contribution in [3.8, 4) is 0 Å². The Balaban J connectivity index is 2.36. The highest BCUT2D eigenvalue weighted by Gasteiger charge is 2.33. The first kappa shape index (κ1) is 16.3. The summed E-state index contributed by atoms with van der Waals surface area (Å²) in [7, 11) is -3.51. The van der Waals surface area contributed by atoms with Crippen molar-refractivity contribution in [2.24, 2.45) is 0 Å². The van der Waals surface area contributed by atoms with Gasteiger partial charge in [-0.15, -0.1) is 0 Å². The molecule has 0 aliphatic carbocycles. The number of aromatic nitrogens is 1. The van der Waals surface area contributed by atoms with E-state index in [2.05, 4.69) is 0 Å². The van der Waals surface area contributed by atoms with Crippen molar-refractivity contribution in [2.45, 2.75) is 39.9 Å². The molecule has 0 aliphatic rings. The molecule has 1 aromatic heterocycles. The maximum atomic E-state index is 13.6. The van der Waals surface area contributed by atoms with Gasteiger partial charge in [0.15, 0.2) is 0 Å². The maximum Gasteiger partial charge on any atom is 0.440 e. The average Bonchev–Trinajstić information content (AvgIpc) is 2.80. The van der Waals surface area contributed by atoms with E-state index < -0.39 is 7.75 Å². The zero-order valence-corrected chi connectivity index (χ0v) is 14.8. The lowest BCUT2D eigenvalue weighted by Gasteiger charge is -2.24. The van der Waals surface area contributed by atoms with Crippen LogP contribution in [0.4, 0.5) is 0 Å². The van der Waals surface area contributed by atoms with E-state index in [-0.39, 0.29) is 12.2 Å². The Morgan fingerprint density at radius 2 is 1.17 bits per heavy atom. The Morgan fingerprint density at radius 3 is 1.57 bits per heavy atom. The third-order valence-electron chi connectivity index (χ3n) is 3.49. The summed E-state index contributed by atoms with van der Waals surface area (Å²) in [6.07, 6.45) is -0.418. The lowest BCUT2D eigenvalue weighted by Crippen LogP contribution is -2.13. The van der Waals surface area contributed by atoms with Crippen molar-refractivity contribution in [3.63, 3.8) is 0 Å². The summed E-state index contributed by atoms with van der Waals surface area (Å²) in [6, 6.07) is 15.8. The minimum absolute atomic E-state index is 0.209. The molecule has 4 nitrogen and oxygen atoms in total. The van der Waals surface area contributed by atoms with Gasteiger partial charge in [0.1, 0.15) is 0 Å². The SMILES string of the molecule is CC(C)OP(=O)(OC(C)C)n1c2ccccc2c2ccccc21. The highest BCUT2D eigenvalue weighted by Crippen LogP contribution is 2.56. The summed E-state index contributed by atoms with van der Waals surface area (Å²) >= 11 is 0. The first-order valence-corrected chi connectivity index (χ1v) is 9.38. The van der Waals surface area contributed by atoms with E-state index in [1.165, 1.54) is 0 Å². The summed E-state index contributed by atoms with van der Waals surface area (Å²) in [4.78, 5) is 0. The first-order chi connectivity index (χ1) is 10.9. The molecule has 23 heavy (non-hydrogen) atoms. The Morgan fingerprint density at radius 1 is 0.783 bits per heavy atom. The predicted molar refractivity (Wildman–Crippen MR) is 94.9 cm³/mol. The largest absolute Gasteiger partial charge is 0.440 e. The quantitative estimate of drug-likeness (QED) is 0.571. The van der Waals surface area contributed by atoms with Gasteiger partial charge in [-0.25, -0.2) is 8.90 Å². The molecule has 0 amide bonds. The van der Waals surface area contributed by atoms with Gasteiger partial charge in [0, 0.05) is 10.8 Å². The number of para-hydroxylation sites is 2. The molecule has 3 rings (SSSR count). The van der Waals surface area contributed by atoms with Gasteiger partial charge in [-0.05, 0) is 39.8 Å². The molecule has 5 heteroatoms. The zero-order chi connectivity index (χ0) is 16.6. The van der Waals surface area contributed by atoms with E-state index in [1.807, 2.05) is 76.2 Å². The molecule has 0 unspecified atom stereocenters. The van der Waals surface area contributed by atoms with Crippen LogP contribution >= 0.6 is 7.75 Å². The first-order valence-electron chi connectivity index (χ1n) is 7.88. The minimum Gasteiger partial charge on any atom is -0.289 e. The molecule has 0 N–H and O–H groups in total. The smallest absolute Gasteiger partial charge is 0.289 e. The highest BCUT2D eigenvalue weighted by atomic mass is 31.2. The third-order valence-corrected chi connectivity index (χ3v) is 5.78. The summed E-state index contributed by atoms with van der Waals surface area (Å²) < 4.78 is 27.0. The second kappa shape index (κ2) is 6.12. The molecule has 0 spiro atoms. The van der Waals surface area contributed by atoms with Gasteiger partial charge >= 0.3 is 7.75 Å². The van der Waals surface area contributed by atoms with Crippen LogP contribution in [0.15, 0.2) is 48.5 Å². The zero-order valence-electron chi connectivity index (χ0n) is 13.9. The molecule has 0 radical (unpaired) electrons. The van der Waals surface area contributed by atoms with Crippen LogP contribution in [0.3, 0.4) is 0 Å². The second-order valence-electron chi connectivity index (χ2n) is 6.12. The number of fused-ring (bicyclic) bond motifs is 3. The molecule has 2 aromatic carbocycles. The average molecular weight is 331 g/mol. The molecule has 122 valence electrons. The molecule has 0 saturated heterocycles. The Bertz CT molecular complexity index is 815. The molecular formula is C18H22NO3P. The summed E-state index contributed by atoms with van der Waals surface area (Å²) in [5.74, 6) is 0. The topological polar surface area (TPSA) is 40.5 Å². The van der Waals surface area contributed by atoms with Gasteiger partial charge in [0.25, 0.3) is 0 Å². The number of hydrogen-bond donors (Lipinski definition) is 0. The van der Waals surface area contributed by atoms with Crippen molar-refractivity contribution in [1.82, 2.24) is 4.34 Å². The summed E-state index contributed by atoms with van der Waals surface area (Å²) in [5, 5.41) is 2.09. The molecule has 0 aliphatic heterocycles. The third kappa shape index (κ3) is 2.94. The van der Waals surface area contributed by atoms with Gasteiger partial charge in [0.05, 0.1) is 23.2 Å². The van der Waals surface area contributed by atoms with Gasteiger partial charge < -0.3 is 0 Å². The van der Waals surface area contributed by atoms with Gasteiger partial charge in [-0.2, -0.15) is 0 Å². The van der Waals surface area contributed by atoms with Gasteiger partial charge in [-0.3, -0.25) is 9.05 Å². The maximum absolute atomic E-state index is 13.6. The molecule has 0 bridgehead atoms. The van der Waals surface area contributed by atoms with Crippen LogP contribution in [0.1, 0.15) is 27.7 Å². The van der Waals surface area contributed by atoms with Crippen molar-refractivity contribution in [1.29, 1.82) is 0 Å². The molecular weight excluding hydrogens is 309 g/mol. The van der Waals surface area contributed by atoms with Crippen LogP contribution in [-0.4, -0.2) is 16.5 Å². The van der Waals surface area contributed by atoms with Crippen molar-refractivity contribution in [2.75, 3.05) is 0 Å². The van der Waals surface area contributed by atoms with Crippen LogP contribution in [0, 0.1) is 0 Å². The molecule has 0 saturated carbocycles. The molecule has 0 fully saturated rings. The lowest BCUT2D eigenvalue weighted by molar-refractivity contribution is 0.138. The molecule has 0 atom stereocenters. The van der Waals surface area contributed by atoms with E-state index in [0.29, 0.717) is 0 Å². The van der Waals surface area contributed by atoms with E-state index in [0.717, 1.165) is 21.8 Å². The van der Waals surface area contributed by atoms with Crippen molar-refractivity contribution in [3.05, 3.63) is 48.5 Å². The van der Waals surface area contributed by atoms with Crippen LogP contribution in [-0.2, 0) is 13.6 Å². The van der Waals surface area contributed by atoms with Crippen molar-refractivity contribution >= 4 is 29.6 Å². The van der Waals surface area contributed by atoms with Gasteiger partial charge in [0.2, 0.25) is 0 Å². The Kier molecular flexibility index (Phi) is 4.33. The standard InChI is InChI=1S/C18H22NO3P/c1-13(2)21-23(20,22-14(3)4)19-17-11-7-5-9-15(17)16-10-6-8-12-18(16)19/h5-14H,1-4H3. The van der Waals surface area contributed by atoms with Gasteiger partial charge in [-0.1, -0.05) is 36.4 Å². The van der Waals surface area contributed by atoms with E-state index in [1.54, 1.807) is 4.34 Å². The van der Waals surface area contributed by atoms with E-state index in [4.69, 9.17) is 9.05 Å². The monoisotopic (exact) mass is 331 g/mol. The summed E-state index contributed by atoms with van der Waals surface area (Å²) in [5.41, 5.74) is 1.72. The number of benzene rings is 2. The fraction of sp³-hybridized carbons (Fsp3) is 0.333. The Hall–Kier alpha value is -1.61. The minimum atomic E-state index is -3.51. The molecule has 3 aromatic rings. The van der Waals surface area contributed by atoms with Crippen LogP contribution in [0.5, 0.6) is 0 Å². The van der Waals surface area contributed by atoms with E-state index >= 15 is 0 Å². The normalized spacial score (nSPS) is 12.8. The molecule has 1 heterocycles. The van der Waals surface area contributed by atoms with E-state index in [9.17, 15) is 4.57 Å². The fourth-order valence-electron chi connectivity index (χ4n) is 2.82.